The van der Waals surface area contributed by atoms with Gasteiger partial charge in [0.05, 0.1) is 18.7 Å². The van der Waals surface area contributed by atoms with E-state index in [0.717, 1.165) is 6.54 Å². The third-order valence-corrected chi connectivity index (χ3v) is 2.29. The van der Waals surface area contributed by atoms with Gasteiger partial charge in [0.15, 0.2) is 5.96 Å². The van der Waals surface area contributed by atoms with Crippen molar-refractivity contribution in [2.75, 3.05) is 26.2 Å². The summed E-state index contributed by atoms with van der Waals surface area (Å²) in [6.07, 6.45) is 8.32. The van der Waals surface area contributed by atoms with Crippen LogP contribution in [0.1, 0.15) is 17.3 Å². The molecule has 1 aromatic heterocycles. The maximum atomic E-state index is 11.7. The minimum absolute atomic E-state index is 0.158. The molecular formula is C14H19N5O. The zero-order valence-corrected chi connectivity index (χ0v) is 11.5. The van der Waals surface area contributed by atoms with E-state index in [2.05, 4.69) is 31.8 Å². The van der Waals surface area contributed by atoms with E-state index >= 15 is 0 Å². The average molecular weight is 273 g/mol. The van der Waals surface area contributed by atoms with Gasteiger partial charge in [-0.25, -0.2) is 0 Å². The average Bonchev–Trinajstić information content (AvgIpc) is 2.49. The largest absolute Gasteiger partial charge is 0.357 e. The van der Waals surface area contributed by atoms with Crippen LogP contribution in [0.5, 0.6) is 0 Å². The number of amides is 1. The van der Waals surface area contributed by atoms with Crippen molar-refractivity contribution < 1.29 is 4.79 Å². The summed E-state index contributed by atoms with van der Waals surface area (Å²) in [5.41, 5.74) is 0.536. The summed E-state index contributed by atoms with van der Waals surface area (Å²) in [6.45, 7) is 4.04. The van der Waals surface area contributed by atoms with Crippen LogP contribution in [0.3, 0.4) is 0 Å². The highest BCUT2D eigenvalue weighted by atomic mass is 16.1. The minimum atomic E-state index is -0.158. The van der Waals surface area contributed by atoms with Gasteiger partial charge < -0.3 is 16.0 Å². The van der Waals surface area contributed by atoms with E-state index in [4.69, 9.17) is 6.42 Å². The Morgan fingerprint density at radius 3 is 2.95 bits per heavy atom. The number of terminal acetylenes is 1. The van der Waals surface area contributed by atoms with Gasteiger partial charge in [-0.1, -0.05) is 5.92 Å². The number of hydrogen-bond donors (Lipinski definition) is 3. The Labute approximate surface area is 119 Å². The van der Waals surface area contributed by atoms with E-state index in [1.807, 2.05) is 6.92 Å². The molecule has 1 heterocycles. The van der Waals surface area contributed by atoms with Gasteiger partial charge in [0, 0.05) is 25.5 Å². The molecule has 0 atom stereocenters. The van der Waals surface area contributed by atoms with E-state index in [1.54, 1.807) is 18.3 Å². The molecule has 1 rings (SSSR count). The second-order valence-corrected chi connectivity index (χ2v) is 3.82. The number of nitrogens with one attached hydrogen (secondary N) is 3. The minimum Gasteiger partial charge on any atom is -0.357 e. The lowest BCUT2D eigenvalue weighted by atomic mass is 10.3. The summed E-state index contributed by atoms with van der Waals surface area (Å²) in [7, 11) is 0. The van der Waals surface area contributed by atoms with E-state index in [1.165, 1.54) is 6.20 Å². The molecule has 0 unspecified atom stereocenters. The summed E-state index contributed by atoms with van der Waals surface area (Å²) in [6, 6.07) is 3.43. The summed E-state index contributed by atoms with van der Waals surface area (Å²) < 4.78 is 0. The number of hydrogen-bond acceptors (Lipinski definition) is 3. The van der Waals surface area contributed by atoms with Crippen LogP contribution in [0, 0.1) is 12.3 Å². The van der Waals surface area contributed by atoms with Gasteiger partial charge >= 0.3 is 0 Å². The van der Waals surface area contributed by atoms with E-state index in [0.29, 0.717) is 31.2 Å². The van der Waals surface area contributed by atoms with Crippen molar-refractivity contribution in [3.05, 3.63) is 30.1 Å². The normalized spacial score (nSPS) is 10.5. The lowest BCUT2D eigenvalue weighted by Gasteiger charge is -2.09. The first-order valence-corrected chi connectivity index (χ1v) is 6.41. The fraction of sp³-hybridized carbons (Fsp3) is 0.357. The van der Waals surface area contributed by atoms with E-state index < -0.39 is 0 Å². The Morgan fingerprint density at radius 1 is 1.45 bits per heavy atom. The van der Waals surface area contributed by atoms with Crippen LogP contribution in [-0.2, 0) is 0 Å². The molecule has 1 amide bonds. The van der Waals surface area contributed by atoms with E-state index in [-0.39, 0.29) is 5.91 Å². The Kier molecular flexibility index (Phi) is 7.28. The molecule has 0 spiro atoms. The predicted octanol–water partition coefficient (Wildman–Crippen LogP) is -0.000300. The first-order valence-electron chi connectivity index (χ1n) is 6.41. The summed E-state index contributed by atoms with van der Waals surface area (Å²) >= 11 is 0. The Balaban J connectivity index is 2.35. The summed E-state index contributed by atoms with van der Waals surface area (Å²) in [4.78, 5) is 19.9. The molecule has 106 valence electrons. The number of guanidine groups is 1. The molecule has 0 saturated carbocycles. The lowest BCUT2D eigenvalue weighted by molar-refractivity contribution is 0.0954. The van der Waals surface area contributed by atoms with E-state index in [9.17, 15) is 4.79 Å². The quantitative estimate of drug-likeness (QED) is 0.295. The van der Waals surface area contributed by atoms with Crippen LogP contribution in [0.4, 0.5) is 0 Å². The molecule has 20 heavy (non-hydrogen) atoms. The van der Waals surface area contributed by atoms with Gasteiger partial charge in [-0.2, -0.15) is 0 Å². The fourth-order valence-electron chi connectivity index (χ4n) is 1.41. The molecule has 6 nitrogen and oxygen atoms in total. The molecule has 0 saturated heterocycles. The number of carbonyl (C=O) groups is 1. The number of nitrogens with zero attached hydrogens (tertiary/aromatic N) is 2. The van der Waals surface area contributed by atoms with Gasteiger partial charge in [0.1, 0.15) is 0 Å². The molecule has 0 aliphatic rings. The van der Waals surface area contributed by atoms with Crippen LogP contribution in [0.15, 0.2) is 29.5 Å². The highest BCUT2D eigenvalue weighted by Gasteiger charge is 2.03. The molecular weight excluding hydrogens is 254 g/mol. The molecule has 0 aliphatic heterocycles. The number of pyridine rings is 1. The van der Waals surface area contributed by atoms with Crippen molar-refractivity contribution in [3.63, 3.8) is 0 Å². The van der Waals surface area contributed by atoms with Gasteiger partial charge in [-0.15, -0.1) is 6.42 Å². The van der Waals surface area contributed by atoms with Crippen molar-refractivity contribution in [1.82, 2.24) is 20.9 Å². The molecule has 0 radical (unpaired) electrons. The lowest BCUT2D eigenvalue weighted by Crippen LogP contribution is -2.38. The highest BCUT2D eigenvalue weighted by Crippen LogP contribution is 1.94. The number of rotatable bonds is 6. The van der Waals surface area contributed by atoms with Gasteiger partial charge in [-0.3, -0.25) is 14.8 Å². The maximum Gasteiger partial charge on any atom is 0.252 e. The third kappa shape index (κ3) is 5.87. The van der Waals surface area contributed by atoms with Crippen LogP contribution in [0.2, 0.25) is 0 Å². The zero-order valence-electron chi connectivity index (χ0n) is 11.5. The summed E-state index contributed by atoms with van der Waals surface area (Å²) in [5.74, 6) is 2.96. The fourth-order valence-corrected chi connectivity index (χ4v) is 1.41. The first-order chi connectivity index (χ1) is 9.77. The van der Waals surface area contributed by atoms with Gasteiger partial charge in [-0.05, 0) is 19.1 Å². The number of aliphatic imine (C=N–C) groups is 1. The van der Waals surface area contributed by atoms with Crippen LogP contribution >= 0.6 is 0 Å². The van der Waals surface area contributed by atoms with Crippen LogP contribution < -0.4 is 16.0 Å². The maximum absolute atomic E-state index is 11.7. The van der Waals surface area contributed by atoms with Crippen LogP contribution in [0.25, 0.3) is 0 Å². The molecule has 0 aliphatic carbocycles. The molecule has 1 aromatic rings. The van der Waals surface area contributed by atoms with Crippen molar-refractivity contribution in [3.8, 4) is 12.3 Å². The van der Waals surface area contributed by atoms with Crippen molar-refractivity contribution >= 4 is 11.9 Å². The second-order valence-electron chi connectivity index (χ2n) is 3.82. The predicted molar refractivity (Wildman–Crippen MR) is 79.4 cm³/mol. The monoisotopic (exact) mass is 273 g/mol. The van der Waals surface area contributed by atoms with Gasteiger partial charge in [0.2, 0.25) is 0 Å². The standard InChI is InChI=1S/C14H19N5O/c1-3-7-18-14(16-4-2)19-10-9-17-13(20)12-6-5-8-15-11-12/h1,5-6,8,11H,4,7,9-10H2,2H3,(H,17,20)(H2,16,18,19). The van der Waals surface area contributed by atoms with Crippen molar-refractivity contribution in [1.29, 1.82) is 0 Å². The SMILES string of the molecule is C#CCNC(=NCCNC(=O)c1cccnc1)NCC. The summed E-state index contributed by atoms with van der Waals surface area (Å²) in [5, 5.41) is 8.80. The first kappa shape index (κ1) is 15.5. The van der Waals surface area contributed by atoms with Crippen molar-refractivity contribution in [2.24, 2.45) is 4.99 Å². The zero-order chi connectivity index (χ0) is 14.6. The molecule has 6 heteroatoms. The Morgan fingerprint density at radius 2 is 2.30 bits per heavy atom. The molecule has 0 aromatic carbocycles. The van der Waals surface area contributed by atoms with Gasteiger partial charge in [0.25, 0.3) is 5.91 Å². The Hall–Kier alpha value is -2.55. The topological polar surface area (TPSA) is 78.4 Å². The second kappa shape index (κ2) is 9.39. The third-order valence-electron chi connectivity index (χ3n) is 2.29. The smallest absolute Gasteiger partial charge is 0.252 e. The highest BCUT2D eigenvalue weighted by molar-refractivity contribution is 5.93. The number of aromatic nitrogens is 1. The number of carbonyl (C=O) groups excluding carboxylic acids is 1. The molecule has 3 N–H and O–H groups in total. The van der Waals surface area contributed by atoms with Crippen LogP contribution in [-0.4, -0.2) is 43.0 Å². The Bertz CT molecular complexity index is 478. The molecule has 0 fully saturated rings. The van der Waals surface area contributed by atoms with Crippen molar-refractivity contribution in [2.45, 2.75) is 6.92 Å². The molecule has 0 bridgehead atoms.